The molecule has 0 amide bonds. The maximum Gasteiger partial charge on any atom is 0.0689 e. The third-order valence-electron chi connectivity index (χ3n) is 0. The minimum Gasteiger partial charge on any atom is -1.00 e. The molecule has 0 saturated heterocycles. The molecule has 0 aromatic rings. The molecule has 0 atom stereocenters. The van der Waals surface area contributed by atoms with E-state index in [0.717, 1.165) is 0 Å². The molecule has 66 valence electrons. The van der Waals surface area contributed by atoms with Crippen molar-refractivity contribution >= 4 is 0 Å². The molecule has 0 saturated carbocycles. The van der Waals surface area contributed by atoms with Gasteiger partial charge in [0.1, 0.15) is 0 Å². The molecule has 0 heterocycles. The number of nitrogens with zero attached hydrogens (tertiary/aromatic N) is 2. The van der Waals surface area contributed by atoms with Crippen molar-refractivity contribution in [2.24, 2.45) is 0 Å². The summed E-state index contributed by atoms with van der Waals surface area (Å²) in [4.78, 5) is 16.5. The van der Waals surface area contributed by atoms with E-state index in [4.69, 9.17) is 30.6 Å². The zero-order valence-corrected chi connectivity index (χ0v) is 6.35. The first-order valence-corrected chi connectivity index (χ1v) is 1.10. The summed E-state index contributed by atoms with van der Waals surface area (Å²) < 4.78 is 0. The van der Waals surface area contributed by atoms with Crippen LogP contribution >= 0.6 is 0 Å². The molecular weight excluding hydrogens is 266 g/mol. The topological polar surface area (TPSA) is 132 Å². The maximum atomic E-state index is 8.25. The molecule has 0 aliphatic rings. The Morgan fingerprint density at radius 3 is 0.800 bits per heavy atom. The van der Waals surface area contributed by atoms with Crippen molar-refractivity contribution in [1.82, 2.24) is 0 Å². The minimum atomic E-state index is -1.75. The molecule has 0 aromatic heterocycles. The van der Waals surface area contributed by atoms with Crippen LogP contribution in [0.3, 0.4) is 0 Å². The molecule has 0 unspecified atom stereocenters. The summed E-state index contributed by atoms with van der Waals surface area (Å²) in [6.45, 7) is 0. The summed E-state index contributed by atoms with van der Waals surface area (Å²) in [5.41, 5.74) is 0. The first kappa shape index (κ1) is 22.8. The van der Waals surface area contributed by atoms with Gasteiger partial charge in [0.15, 0.2) is 0 Å². The second-order valence-electron chi connectivity index (χ2n) is 0.447. The maximum absolute atomic E-state index is 8.25. The number of halogens is 1. The van der Waals surface area contributed by atoms with Crippen molar-refractivity contribution in [3.8, 4) is 0 Å². The molecule has 0 rings (SSSR count). The first-order chi connectivity index (χ1) is 3.46. The second kappa shape index (κ2) is 15.8. The van der Waals surface area contributed by atoms with Gasteiger partial charge in [-0.15, -0.1) is 0 Å². The van der Waals surface area contributed by atoms with Crippen LogP contribution in [0.25, 0.3) is 0 Å². The van der Waals surface area contributed by atoms with Gasteiger partial charge < -0.3 is 43.1 Å². The largest absolute Gasteiger partial charge is 1.00 e. The Morgan fingerprint density at radius 2 is 0.800 bits per heavy atom. The van der Waals surface area contributed by atoms with Gasteiger partial charge in [0.25, 0.3) is 0 Å². The van der Waals surface area contributed by atoms with E-state index >= 15 is 0 Å². The molecule has 0 radical (unpaired) electrons. The Kier molecular flexibility index (Phi) is 35.9. The smallest absolute Gasteiger partial charge is 0.0689 e. The molecule has 0 spiro atoms. The molecule has 10 heavy (non-hydrogen) atoms. The van der Waals surface area contributed by atoms with Crippen LogP contribution in [-0.4, -0.2) is 10.2 Å². The van der Waals surface area contributed by atoms with Crippen LogP contribution in [0.5, 0.6) is 0 Å². The van der Waals surface area contributed by atoms with E-state index in [1.807, 2.05) is 0 Å². The average Bonchev–Trinajstić information content (AvgIpc) is 1.25. The van der Waals surface area contributed by atoms with Gasteiger partial charge >= 0.3 is 0 Å². The number of hydrogen-bond donors (Lipinski definition) is 0. The van der Waals surface area contributed by atoms with Gasteiger partial charge in [-0.1, -0.05) is 0 Å². The molecule has 0 fully saturated rings. The van der Waals surface area contributed by atoms with E-state index in [-0.39, 0.29) is 32.8 Å². The SMILES string of the molecule is O=[N+]([O-])[O-].O=[N+]([O-])[O-].[Cl-].[Pd]. The minimum absolute atomic E-state index is 0. The zero-order valence-electron chi connectivity index (χ0n) is 4.04. The Labute approximate surface area is 74.1 Å². The van der Waals surface area contributed by atoms with Crippen LogP contribution in [-0.2, 0) is 20.4 Å². The fraction of sp³-hybridized carbons (Fsp3) is 0. The average molecular weight is 266 g/mol. The predicted octanol–water partition coefficient (Wildman–Crippen LogP) is -3.48. The normalized spacial score (nSPS) is 4.80. The van der Waals surface area contributed by atoms with E-state index in [9.17, 15) is 0 Å². The summed E-state index contributed by atoms with van der Waals surface area (Å²) in [6, 6.07) is 0. The van der Waals surface area contributed by atoms with Crippen molar-refractivity contribution in [1.29, 1.82) is 0 Å². The van der Waals surface area contributed by atoms with Gasteiger partial charge in [-0.2, -0.15) is 0 Å². The summed E-state index contributed by atoms with van der Waals surface area (Å²) in [5.74, 6) is 0. The fourth-order valence-electron chi connectivity index (χ4n) is 0. The van der Waals surface area contributed by atoms with Crippen molar-refractivity contribution in [3.63, 3.8) is 0 Å². The van der Waals surface area contributed by atoms with Gasteiger partial charge in [-0.25, -0.2) is 0 Å². The monoisotopic (exact) mass is 265 g/mol. The summed E-state index contributed by atoms with van der Waals surface area (Å²) in [5, 5.41) is 29.5. The van der Waals surface area contributed by atoms with Crippen LogP contribution < -0.4 is 12.4 Å². The number of rotatable bonds is 0. The zero-order chi connectivity index (χ0) is 7.15. The van der Waals surface area contributed by atoms with Gasteiger partial charge in [-0.3, -0.25) is 0 Å². The molecule has 0 aliphatic heterocycles. The molecule has 0 aromatic carbocycles. The van der Waals surface area contributed by atoms with Gasteiger partial charge in [0.2, 0.25) is 0 Å². The number of hydrogen-bond acceptors (Lipinski definition) is 6. The second-order valence-corrected chi connectivity index (χ2v) is 0.447. The van der Waals surface area contributed by atoms with E-state index in [2.05, 4.69) is 0 Å². The molecular formula is ClN2O6Pd-3. The Morgan fingerprint density at radius 1 is 0.800 bits per heavy atom. The summed E-state index contributed by atoms with van der Waals surface area (Å²) in [7, 11) is 0. The Balaban J connectivity index is -0.0000000300. The van der Waals surface area contributed by atoms with Crippen LogP contribution in [0.1, 0.15) is 0 Å². The van der Waals surface area contributed by atoms with Crippen molar-refractivity contribution in [3.05, 3.63) is 30.6 Å². The van der Waals surface area contributed by atoms with Gasteiger partial charge in [-0.05, 0) is 0 Å². The van der Waals surface area contributed by atoms with Crippen LogP contribution in [0.4, 0.5) is 0 Å². The van der Waals surface area contributed by atoms with E-state index in [1.54, 1.807) is 0 Å². The van der Waals surface area contributed by atoms with Crippen molar-refractivity contribution < 1.29 is 43.0 Å². The Hall–Kier alpha value is -0.648. The molecule has 0 bridgehead atoms. The van der Waals surface area contributed by atoms with E-state index < -0.39 is 10.2 Å². The first-order valence-electron chi connectivity index (χ1n) is 1.10. The standard InChI is InChI=1S/ClH.2NO3.Pd/c;2*2-1(3)4;/h1H;;;/q;2*-1;/p-1. The molecule has 0 aliphatic carbocycles. The third-order valence-corrected chi connectivity index (χ3v) is 0. The summed E-state index contributed by atoms with van der Waals surface area (Å²) in [6.07, 6.45) is 0. The van der Waals surface area contributed by atoms with E-state index in [0.29, 0.717) is 0 Å². The van der Waals surface area contributed by atoms with Crippen molar-refractivity contribution in [2.45, 2.75) is 0 Å². The molecule has 8 nitrogen and oxygen atoms in total. The quantitative estimate of drug-likeness (QED) is 0.254. The van der Waals surface area contributed by atoms with Crippen LogP contribution in [0.2, 0.25) is 0 Å². The van der Waals surface area contributed by atoms with Gasteiger partial charge in [0, 0.05) is 20.4 Å². The van der Waals surface area contributed by atoms with Crippen LogP contribution in [0.15, 0.2) is 0 Å². The van der Waals surface area contributed by atoms with E-state index in [1.165, 1.54) is 0 Å². The fourth-order valence-corrected chi connectivity index (χ4v) is 0. The van der Waals surface area contributed by atoms with Crippen molar-refractivity contribution in [2.75, 3.05) is 0 Å². The molecule has 10 heteroatoms. The summed E-state index contributed by atoms with van der Waals surface area (Å²) >= 11 is 0. The van der Waals surface area contributed by atoms with Crippen LogP contribution in [0, 0.1) is 30.6 Å². The third kappa shape index (κ3) is 707. The van der Waals surface area contributed by atoms with Gasteiger partial charge in [0.05, 0.1) is 10.2 Å². The predicted molar refractivity (Wildman–Crippen MR) is 20.7 cm³/mol. The Bertz CT molecular complexity index is 73.7. The molecule has 0 N–H and O–H groups in total.